The number of carbonyl (C=O) groups is 1. The van der Waals surface area contributed by atoms with E-state index in [2.05, 4.69) is 10.6 Å². The summed E-state index contributed by atoms with van der Waals surface area (Å²) < 4.78 is 38.1. The molecule has 0 aliphatic rings. The summed E-state index contributed by atoms with van der Waals surface area (Å²) in [5.74, 6) is -0.299. The molecule has 0 spiro atoms. The molecule has 0 saturated heterocycles. The van der Waals surface area contributed by atoms with E-state index in [0.29, 0.717) is 35.1 Å². The minimum absolute atomic E-state index is 0.0275. The van der Waals surface area contributed by atoms with E-state index in [-0.39, 0.29) is 31.4 Å². The number of phenols is 1. The summed E-state index contributed by atoms with van der Waals surface area (Å²) in [6.45, 7) is 4.16. The van der Waals surface area contributed by atoms with E-state index in [0.717, 1.165) is 17.7 Å². The van der Waals surface area contributed by atoms with Gasteiger partial charge in [0, 0.05) is 29.8 Å². The molecule has 38 heavy (non-hydrogen) atoms. The van der Waals surface area contributed by atoms with Gasteiger partial charge in [-0.1, -0.05) is 30.3 Å². The molecule has 0 bridgehead atoms. The van der Waals surface area contributed by atoms with Crippen molar-refractivity contribution in [2.24, 2.45) is 0 Å². The summed E-state index contributed by atoms with van der Waals surface area (Å²) in [5, 5.41) is 35.7. The van der Waals surface area contributed by atoms with Gasteiger partial charge in [0.2, 0.25) is 0 Å². The third kappa shape index (κ3) is 8.31. The van der Waals surface area contributed by atoms with Crippen molar-refractivity contribution in [1.29, 1.82) is 0 Å². The summed E-state index contributed by atoms with van der Waals surface area (Å²) in [7, 11) is 0. The summed E-state index contributed by atoms with van der Waals surface area (Å²) in [6, 6.07) is 16.7. The van der Waals surface area contributed by atoms with Crippen molar-refractivity contribution in [3.05, 3.63) is 100 Å². The van der Waals surface area contributed by atoms with Gasteiger partial charge < -0.3 is 26.0 Å². The van der Waals surface area contributed by atoms with Crippen LogP contribution in [-0.4, -0.2) is 39.9 Å². The maximum atomic E-state index is 12.7. The zero-order chi connectivity index (χ0) is 27.9. The van der Waals surface area contributed by atoms with Crippen molar-refractivity contribution < 1.29 is 33.3 Å². The van der Waals surface area contributed by atoms with Crippen LogP contribution in [0.15, 0.2) is 66.7 Å². The van der Waals surface area contributed by atoms with Crippen LogP contribution in [0.2, 0.25) is 0 Å². The van der Waals surface area contributed by atoms with E-state index in [1.807, 2.05) is 19.9 Å². The SMILES string of the molecule is CC(C)(Cc1cccc(C(=O)NCCc2ccc(C(F)(F)F)cc2)c1)NC[C@@H](O)c1ccc(O)c(CO)c1. The largest absolute Gasteiger partial charge is 0.508 e. The normalized spacial score (nSPS) is 12.8. The van der Waals surface area contributed by atoms with Gasteiger partial charge in [0.25, 0.3) is 5.91 Å². The molecule has 0 aliphatic heterocycles. The molecule has 1 atom stereocenters. The van der Waals surface area contributed by atoms with E-state index >= 15 is 0 Å². The van der Waals surface area contributed by atoms with Crippen LogP contribution in [-0.2, 0) is 25.6 Å². The average molecular weight is 531 g/mol. The standard InChI is InChI=1S/C29H33F3N2O4/c1-28(2,34-17-26(37)21-8-11-25(36)23(15-21)18-35)16-20-4-3-5-22(14-20)27(38)33-13-12-19-6-9-24(10-7-19)29(30,31)32/h3-11,14-15,26,34-37H,12-13,16-18H2,1-2H3,(H,33,38)/t26-/m1/s1. The first-order chi connectivity index (χ1) is 17.9. The van der Waals surface area contributed by atoms with Crippen LogP contribution in [0.3, 0.4) is 0 Å². The highest BCUT2D eigenvalue weighted by Crippen LogP contribution is 2.29. The lowest BCUT2D eigenvalue weighted by Crippen LogP contribution is -2.43. The molecule has 204 valence electrons. The summed E-state index contributed by atoms with van der Waals surface area (Å²) in [4.78, 5) is 12.6. The topological polar surface area (TPSA) is 102 Å². The molecule has 3 aromatic carbocycles. The van der Waals surface area contributed by atoms with Crippen molar-refractivity contribution >= 4 is 5.91 Å². The second-order valence-corrected chi connectivity index (χ2v) is 9.90. The van der Waals surface area contributed by atoms with E-state index in [4.69, 9.17) is 0 Å². The molecule has 5 N–H and O–H groups in total. The van der Waals surface area contributed by atoms with E-state index < -0.39 is 23.4 Å². The van der Waals surface area contributed by atoms with Gasteiger partial charge in [-0.2, -0.15) is 13.2 Å². The van der Waals surface area contributed by atoms with Crippen LogP contribution in [0.5, 0.6) is 5.75 Å². The molecule has 0 unspecified atom stereocenters. The second-order valence-electron chi connectivity index (χ2n) is 9.90. The van der Waals surface area contributed by atoms with Crippen molar-refractivity contribution in [2.75, 3.05) is 13.1 Å². The molecule has 1 amide bonds. The molecule has 0 fully saturated rings. The average Bonchev–Trinajstić information content (AvgIpc) is 2.87. The van der Waals surface area contributed by atoms with Crippen LogP contribution in [0, 0.1) is 0 Å². The van der Waals surface area contributed by atoms with Gasteiger partial charge in [0.05, 0.1) is 18.3 Å². The van der Waals surface area contributed by atoms with Crippen molar-refractivity contribution in [2.45, 2.75) is 51.1 Å². The number of halogens is 3. The van der Waals surface area contributed by atoms with E-state index in [1.165, 1.54) is 18.2 Å². The Bertz CT molecular complexity index is 1230. The zero-order valence-electron chi connectivity index (χ0n) is 21.3. The fraction of sp³-hybridized carbons (Fsp3) is 0.345. The van der Waals surface area contributed by atoms with Gasteiger partial charge in [0.1, 0.15) is 5.75 Å². The third-order valence-electron chi connectivity index (χ3n) is 6.25. The fourth-order valence-electron chi connectivity index (χ4n) is 4.11. The minimum Gasteiger partial charge on any atom is -0.508 e. The summed E-state index contributed by atoms with van der Waals surface area (Å²) in [5.41, 5.74) is 1.88. The molecule has 0 aromatic heterocycles. The maximum Gasteiger partial charge on any atom is 0.416 e. The number of benzene rings is 3. The number of hydrogen-bond acceptors (Lipinski definition) is 5. The van der Waals surface area contributed by atoms with Crippen LogP contribution >= 0.6 is 0 Å². The van der Waals surface area contributed by atoms with Crippen LogP contribution in [0.4, 0.5) is 13.2 Å². The first-order valence-corrected chi connectivity index (χ1v) is 12.3. The predicted octanol–water partition coefficient (Wildman–Crippen LogP) is 4.52. The molecular formula is C29H33F3N2O4. The number of rotatable bonds is 11. The first kappa shape index (κ1) is 29.2. The number of nitrogens with one attached hydrogen (secondary N) is 2. The number of aromatic hydroxyl groups is 1. The Hall–Kier alpha value is -3.40. The predicted molar refractivity (Wildman–Crippen MR) is 139 cm³/mol. The Morgan fingerprint density at radius 3 is 2.34 bits per heavy atom. The van der Waals surface area contributed by atoms with E-state index in [9.17, 15) is 33.3 Å². The van der Waals surface area contributed by atoms with Crippen LogP contribution < -0.4 is 10.6 Å². The Labute approximate surface area is 220 Å². The fourth-order valence-corrected chi connectivity index (χ4v) is 4.11. The highest BCUT2D eigenvalue weighted by Gasteiger charge is 2.29. The highest BCUT2D eigenvalue weighted by molar-refractivity contribution is 5.94. The monoisotopic (exact) mass is 530 g/mol. The molecule has 0 aliphatic carbocycles. The Kier molecular flexibility index (Phi) is 9.54. The van der Waals surface area contributed by atoms with Gasteiger partial charge in [-0.25, -0.2) is 0 Å². The van der Waals surface area contributed by atoms with Gasteiger partial charge in [-0.05, 0) is 79.8 Å². The number of alkyl halides is 3. The third-order valence-corrected chi connectivity index (χ3v) is 6.25. The van der Waals surface area contributed by atoms with Gasteiger partial charge in [0.15, 0.2) is 0 Å². The minimum atomic E-state index is -4.38. The first-order valence-electron chi connectivity index (χ1n) is 12.3. The number of amides is 1. The second kappa shape index (κ2) is 12.4. The molecule has 6 nitrogen and oxygen atoms in total. The maximum absolute atomic E-state index is 12.7. The zero-order valence-corrected chi connectivity index (χ0v) is 21.3. The van der Waals surface area contributed by atoms with Crippen molar-refractivity contribution in [3.8, 4) is 5.75 Å². The quantitative estimate of drug-likeness (QED) is 0.251. The summed E-state index contributed by atoms with van der Waals surface area (Å²) >= 11 is 0. The molecule has 0 radical (unpaired) electrons. The number of hydrogen-bond donors (Lipinski definition) is 5. The van der Waals surface area contributed by atoms with Gasteiger partial charge in [-0.3, -0.25) is 4.79 Å². The van der Waals surface area contributed by atoms with Crippen LogP contribution in [0.25, 0.3) is 0 Å². The molecule has 9 heteroatoms. The smallest absolute Gasteiger partial charge is 0.416 e. The van der Waals surface area contributed by atoms with Crippen LogP contribution in [0.1, 0.15) is 58.1 Å². The molecule has 3 rings (SSSR count). The number of aliphatic hydroxyl groups is 2. The Balaban J connectivity index is 1.52. The number of carbonyl (C=O) groups excluding carboxylic acids is 1. The molecular weight excluding hydrogens is 497 g/mol. The van der Waals surface area contributed by atoms with Crippen molar-refractivity contribution in [3.63, 3.8) is 0 Å². The Morgan fingerprint density at radius 2 is 1.68 bits per heavy atom. The molecule has 0 saturated carbocycles. The van der Waals surface area contributed by atoms with E-state index in [1.54, 1.807) is 30.3 Å². The number of β-amino-alcohol motifs (C(OH)–C–C–N with tert-alkyl or cyclic N) is 1. The van der Waals surface area contributed by atoms with Gasteiger partial charge in [-0.15, -0.1) is 0 Å². The molecule has 3 aromatic rings. The molecule has 0 heterocycles. The van der Waals surface area contributed by atoms with Crippen molar-refractivity contribution in [1.82, 2.24) is 10.6 Å². The lowest BCUT2D eigenvalue weighted by atomic mass is 9.93. The Morgan fingerprint density at radius 1 is 0.974 bits per heavy atom. The highest BCUT2D eigenvalue weighted by atomic mass is 19.4. The number of aliphatic hydroxyl groups excluding tert-OH is 2. The summed E-state index contributed by atoms with van der Waals surface area (Å²) in [6.07, 6.45) is -4.24. The lowest BCUT2D eigenvalue weighted by Gasteiger charge is -2.28. The van der Waals surface area contributed by atoms with Gasteiger partial charge >= 0.3 is 6.18 Å². The lowest BCUT2D eigenvalue weighted by molar-refractivity contribution is -0.137.